The number of amidine groups is 1. The zero-order valence-electron chi connectivity index (χ0n) is 15.2. The van der Waals surface area contributed by atoms with E-state index in [2.05, 4.69) is 16.9 Å². The molecule has 0 atom stereocenters. The normalized spacial score (nSPS) is 19.3. The first-order chi connectivity index (χ1) is 12.6. The molecule has 2 N–H and O–H groups in total. The van der Waals surface area contributed by atoms with Gasteiger partial charge in [-0.05, 0) is 32.0 Å². The highest BCUT2D eigenvalue weighted by molar-refractivity contribution is 7.19. The lowest BCUT2D eigenvalue weighted by atomic mass is 9.94. The molecule has 1 fully saturated rings. The van der Waals surface area contributed by atoms with E-state index in [4.69, 9.17) is 5.41 Å². The number of rotatable bonds is 5. The van der Waals surface area contributed by atoms with Gasteiger partial charge in [0.05, 0.1) is 22.3 Å². The third kappa shape index (κ3) is 3.35. The second kappa shape index (κ2) is 7.37. The summed E-state index contributed by atoms with van der Waals surface area (Å²) in [6, 6.07) is 8.64. The van der Waals surface area contributed by atoms with Crippen molar-refractivity contribution in [2.75, 3.05) is 26.7 Å². The van der Waals surface area contributed by atoms with Crippen LogP contribution in [0.1, 0.15) is 37.1 Å². The van der Waals surface area contributed by atoms with Crippen LogP contribution in [-0.2, 0) is 0 Å². The number of fused-ring (bicyclic) bond motifs is 1. The van der Waals surface area contributed by atoms with Gasteiger partial charge in [-0.2, -0.15) is 0 Å². The Morgan fingerprint density at radius 2 is 2.04 bits per heavy atom. The molecule has 4 rings (SSSR count). The molecule has 138 valence electrons. The first-order valence-electron chi connectivity index (χ1n) is 9.45. The first-order valence-corrected chi connectivity index (χ1v) is 10.3. The molecule has 2 aromatic rings. The maximum absolute atomic E-state index is 10.5. The van der Waals surface area contributed by atoms with Gasteiger partial charge in [-0.1, -0.05) is 31.4 Å². The lowest BCUT2D eigenvalue weighted by molar-refractivity contribution is 0.180. The molecule has 1 aromatic heterocycles. The number of aliphatic hydroxyl groups is 1. The molecule has 26 heavy (non-hydrogen) atoms. The number of benzene rings is 1. The van der Waals surface area contributed by atoms with E-state index in [9.17, 15) is 5.11 Å². The average molecular weight is 371 g/mol. The van der Waals surface area contributed by atoms with Crippen molar-refractivity contribution in [1.82, 2.24) is 14.8 Å². The number of aromatic nitrogens is 1. The molecule has 0 amide bonds. The molecule has 0 spiro atoms. The first kappa shape index (κ1) is 17.5. The minimum absolute atomic E-state index is 0.273. The minimum atomic E-state index is 0.273. The Kier molecular flexibility index (Phi) is 4.96. The van der Waals surface area contributed by atoms with E-state index in [0.29, 0.717) is 24.0 Å². The Balaban J connectivity index is 1.42. The predicted octanol–water partition coefficient (Wildman–Crippen LogP) is 4.12. The Bertz CT molecular complexity index is 804. The molecule has 0 unspecified atom stereocenters. The number of para-hydroxylation sites is 1. The predicted molar refractivity (Wildman–Crippen MR) is 108 cm³/mol. The van der Waals surface area contributed by atoms with Gasteiger partial charge >= 0.3 is 0 Å². The van der Waals surface area contributed by atoms with Crippen molar-refractivity contribution in [3.05, 3.63) is 35.0 Å². The van der Waals surface area contributed by atoms with Crippen molar-refractivity contribution in [1.29, 1.82) is 5.41 Å². The average Bonchev–Trinajstić information content (AvgIpc) is 3.20. The highest BCUT2D eigenvalue weighted by Gasteiger charge is 2.30. The van der Waals surface area contributed by atoms with Crippen LogP contribution in [0.25, 0.3) is 15.8 Å². The lowest BCUT2D eigenvalue weighted by Crippen LogP contribution is -2.40. The quantitative estimate of drug-likeness (QED) is 0.831. The number of likely N-dealkylation sites (N-methyl/N-ethyl adjacent to an activating group) is 1. The molecular weight excluding hydrogens is 344 g/mol. The van der Waals surface area contributed by atoms with E-state index in [1.54, 1.807) is 11.3 Å². The number of aliphatic hydroxyl groups excluding tert-OH is 1. The van der Waals surface area contributed by atoms with Crippen LogP contribution in [0.2, 0.25) is 0 Å². The van der Waals surface area contributed by atoms with Crippen LogP contribution in [0.5, 0.6) is 0 Å². The van der Waals surface area contributed by atoms with Crippen molar-refractivity contribution in [2.45, 2.75) is 38.1 Å². The summed E-state index contributed by atoms with van der Waals surface area (Å²) in [6.07, 6.45) is 6.60. The largest absolute Gasteiger partial charge is 0.510 e. The molecule has 1 saturated carbocycles. The second-order valence-electron chi connectivity index (χ2n) is 7.35. The van der Waals surface area contributed by atoms with Gasteiger partial charge in [0.1, 0.15) is 16.6 Å². The Morgan fingerprint density at radius 3 is 2.81 bits per heavy atom. The highest BCUT2D eigenvalue weighted by atomic mass is 32.1. The van der Waals surface area contributed by atoms with Gasteiger partial charge in [0.15, 0.2) is 0 Å². The van der Waals surface area contributed by atoms with Gasteiger partial charge in [0.25, 0.3) is 0 Å². The second-order valence-corrected chi connectivity index (χ2v) is 8.38. The SMILES string of the molecule is CN(CCN1CC(O)=C(c2nc3ccccc3s2)C1=N)C1CCCCC1. The van der Waals surface area contributed by atoms with Crippen LogP contribution in [0.3, 0.4) is 0 Å². The minimum Gasteiger partial charge on any atom is -0.510 e. The summed E-state index contributed by atoms with van der Waals surface area (Å²) in [5.41, 5.74) is 1.53. The summed E-state index contributed by atoms with van der Waals surface area (Å²) >= 11 is 1.54. The van der Waals surface area contributed by atoms with Gasteiger partial charge in [0, 0.05) is 19.1 Å². The third-order valence-electron chi connectivity index (χ3n) is 5.61. The molecule has 0 bridgehead atoms. The molecule has 1 aliphatic heterocycles. The van der Waals surface area contributed by atoms with E-state index >= 15 is 0 Å². The van der Waals surface area contributed by atoms with Crippen LogP contribution in [0.15, 0.2) is 30.0 Å². The zero-order chi connectivity index (χ0) is 18.1. The fraction of sp³-hybridized carbons (Fsp3) is 0.500. The van der Waals surface area contributed by atoms with E-state index in [-0.39, 0.29) is 5.76 Å². The van der Waals surface area contributed by atoms with E-state index < -0.39 is 0 Å². The topological polar surface area (TPSA) is 63.5 Å². The number of thiazole rings is 1. The van der Waals surface area contributed by atoms with Gasteiger partial charge < -0.3 is 14.9 Å². The van der Waals surface area contributed by atoms with Crippen LogP contribution in [0.4, 0.5) is 0 Å². The van der Waals surface area contributed by atoms with E-state index in [1.807, 2.05) is 29.2 Å². The maximum atomic E-state index is 10.5. The van der Waals surface area contributed by atoms with Crippen molar-refractivity contribution < 1.29 is 5.11 Å². The Labute approximate surface area is 158 Å². The number of nitrogens with one attached hydrogen (secondary N) is 1. The molecule has 2 aliphatic rings. The Morgan fingerprint density at radius 1 is 1.27 bits per heavy atom. The molecule has 0 radical (unpaired) electrons. The monoisotopic (exact) mass is 370 g/mol. The molecule has 1 aromatic carbocycles. The van der Waals surface area contributed by atoms with Crippen LogP contribution >= 0.6 is 11.3 Å². The summed E-state index contributed by atoms with van der Waals surface area (Å²) in [6.45, 7) is 2.11. The number of hydrogen-bond acceptors (Lipinski definition) is 5. The maximum Gasteiger partial charge on any atom is 0.135 e. The summed E-state index contributed by atoms with van der Waals surface area (Å²) < 4.78 is 1.09. The van der Waals surface area contributed by atoms with Crippen molar-refractivity contribution >= 4 is 33.0 Å². The van der Waals surface area contributed by atoms with Crippen molar-refractivity contribution in [2.24, 2.45) is 0 Å². The van der Waals surface area contributed by atoms with E-state index in [1.165, 1.54) is 32.1 Å². The van der Waals surface area contributed by atoms with Gasteiger partial charge in [-0.15, -0.1) is 11.3 Å². The van der Waals surface area contributed by atoms with Crippen molar-refractivity contribution in [3.63, 3.8) is 0 Å². The fourth-order valence-electron chi connectivity index (χ4n) is 4.01. The standard InChI is InChI=1S/C20H26N4OS/c1-23(14-7-3-2-4-8-14)11-12-24-13-16(25)18(19(24)21)20-22-15-9-5-6-10-17(15)26-20/h5-6,9-10,14,21,25H,2-4,7-8,11-13H2,1H3. The van der Waals surface area contributed by atoms with Crippen LogP contribution < -0.4 is 0 Å². The molecule has 1 aliphatic carbocycles. The summed E-state index contributed by atoms with van der Waals surface area (Å²) in [5, 5.41) is 19.8. The number of nitrogens with zero attached hydrogens (tertiary/aromatic N) is 3. The van der Waals surface area contributed by atoms with Gasteiger partial charge in [-0.3, -0.25) is 5.41 Å². The van der Waals surface area contributed by atoms with Gasteiger partial charge in [-0.25, -0.2) is 4.98 Å². The zero-order valence-corrected chi connectivity index (χ0v) is 16.1. The summed E-state index contributed by atoms with van der Waals surface area (Å²) in [7, 11) is 2.19. The molecule has 0 saturated heterocycles. The summed E-state index contributed by atoms with van der Waals surface area (Å²) in [4.78, 5) is 9.02. The third-order valence-corrected chi connectivity index (χ3v) is 6.66. The lowest BCUT2D eigenvalue weighted by Gasteiger charge is -2.32. The van der Waals surface area contributed by atoms with Gasteiger partial charge in [0.2, 0.25) is 0 Å². The van der Waals surface area contributed by atoms with Crippen LogP contribution in [-0.4, -0.2) is 58.4 Å². The van der Waals surface area contributed by atoms with Crippen LogP contribution in [0, 0.1) is 5.41 Å². The molecule has 5 nitrogen and oxygen atoms in total. The molecular formula is C20H26N4OS. The smallest absolute Gasteiger partial charge is 0.135 e. The molecule has 6 heteroatoms. The van der Waals surface area contributed by atoms with Crippen molar-refractivity contribution in [3.8, 4) is 0 Å². The Hall–Kier alpha value is -1.92. The fourth-order valence-corrected chi connectivity index (χ4v) is 5.04. The van der Waals surface area contributed by atoms with E-state index in [0.717, 1.165) is 28.3 Å². The summed E-state index contributed by atoms with van der Waals surface area (Å²) in [5.74, 6) is 0.674. The number of hydrogen-bond donors (Lipinski definition) is 2. The molecule has 2 heterocycles. The highest BCUT2D eigenvalue weighted by Crippen LogP contribution is 2.33.